The number of amides is 1. The van der Waals surface area contributed by atoms with Gasteiger partial charge < -0.3 is 10.4 Å². The van der Waals surface area contributed by atoms with Crippen LogP contribution in [-0.2, 0) is 24.2 Å². The Hall–Kier alpha value is -3.19. The molecule has 0 bridgehead atoms. The van der Waals surface area contributed by atoms with Gasteiger partial charge in [-0.3, -0.25) is 14.9 Å². The zero-order valence-electron chi connectivity index (χ0n) is 18.4. The first-order valence-electron chi connectivity index (χ1n) is 10.8. The summed E-state index contributed by atoms with van der Waals surface area (Å²) in [7, 11) is 0. The van der Waals surface area contributed by atoms with Crippen molar-refractivity contribution in [3.63, 3.8) is 0 Å². The van der Waals surface area contributed by atoms with Crippen LogP contribution in [0.1, 0.15) is 53.9 Å². The van der Waals surface area contributed by atoms with Crippen LogP contribution in [0.4, 0.5) is 10.8 Å². The monoisotopic (exact) mass is 451 g/mol. The highest BCUT2D eigenvalue weighted by Crippen LogP contribution is 2.20. The molecule has 3 rings (SSSR count). The SMILES string of the molecule is CC(C)CCCc1ccccc1NCc1ccc(C(=O)Nc2nc(CC(=O)O)cs2)cc1. The van der Waals surface area contributed by atoms with E-state index < -0.39 is 5.97 Å². The molecular formula is C25H29N3O3S. The molecule has 6 nitrogen and oxygen atoms in total. The normalized spacial score (nSPS) is 10.8. The molecule has 0 unspecified atom stereocenters. The van der Waals surface area contributed by atoms with Crippen molar-refractivity contribution in [1.82, 2.24) is 4.98 Å². The summed E-state index contributed by atoms with van der Waals surface area (Å²) in [6.07, 6.45) is 3.30. The Morgan fingerprint density at radius 3 is 2.56 bits per heavy atom. The summed E-state index contributed by atoms with van der Waals surface area (Å²) in [5.74, 6) is -0.500. The fourth-order valence-corrected chi connectivity index (χ4v) is 4.06. The first-order valence-corrected chi connectivity index (χ1v) is 11.7. The lowest BCUT2D eigenvalue weighted by molar-refractivity contribution is -0.136. The number of carboxylic acid groups (broad SMARTS) is 1. The number of benzene rings is 2. The van der Waals surface area contributed by atoms with Crippen molar-refractivity contribution in [2.24, 2.45) is 5.92 Å². The van der Waals surface area contributed by atoms with Gasteiger partial charge in [0.2, 0.25) is 0 Å². The second kappa shape index (κ2) is 11.4. The van der Waals surface area contributed by atoms with E-state index in [2.05, 4.69) is 47.7 Å². The molecular weight excluding hydrogens is 422 g/mol. The summed E-state index contributed by atoms with van der Waals surface area (Å²) in [6.45, 7) is 5.18. The summed E-state index contributed by atoms with van der Waals surface area (Å²) in [5, 5.41) is 17.1. The van der Waals surface area contributed by atoms with Gasteiger partial charge in [-0.25, -0.2) is 4.98 Å². The Labute approximate surface area is 192 Å². The third-order valence-corrected chi connectivity index (χ3v) is 5.86. The van der Waals surface area contributed by atoms with E-state index >= 15 is 0 Å². The molecule has 3 aromatic rings. The maximum Gasteiger partial charge on any atom is 0.309 e. The average Bonchev–Trinajstić information content (AvgIpc) is 3.19. The molecule has 1 amide bonds. The highest BCUT2D eigenvalue weighted by molar-refractivity contribution is 7.14. The van der Waals surface area contributed by atoms with E-state index in [1.165, 1.54) is 29.7 Å². The number of rotatable bonds is 11. The Balaban J connectivity index is 1.54. The van der Waals surface area contributed by atoms with Crippen LogP contribution in [-0.4, -0.2) is 22.0 Å². The first kappa shape index (κ1) is 23.5. The number of hydrogen-bond donors (Lipinski definition) is 3. The van der Waals surface area contributed by atoms with E-state index in [0.717, 1.165) is 17.7 Å². The van der Waals surface area contributed by atoms with Crippen LogP contribution in [0, 0.1) is 5.92 Å². The largest absolute Gasteiger partial charge is 0.481 e. The minimum atomic E-state index is -0.949. The molecule has 1 heterocycles. The zero-order chi connectivity index (χ0) is 22.9. The van der Waals surface area contributed by atoms with Gasteiger partial charge in [-0.15, -0.1) is 11.3 Å². The second-order valence-corrected chi connectivity index (χ2v) is 9.02. The average molecular weight is 452 g/mol. The number of aryl methyl sites for hydroxylation is 1. The van der Waals surface area contributed by atoms with Gasteiger partial charge >= 0.3 is 5.97 Å². The molecule has 1 aromatic heterocycles. The molecule has 0 aliphatic heterocycles. The lowest BCUT2D eigenvalue weighted by Crippen LogP contribution is -2.12. The number of hydrogen-bond acceptors (Lipinski definition) is 5. The van der Waals surface area contributed by atoms with Crippen molar-refractivity contribution in [3.8, 4) is 0 Å². The summed E-state index contributed by atoms with van der Waals surface area (Å²) < 4.78 is 0. The summed E-state index contributed by atoms with van der Waals surface area (Å²) in [6, 6.07) is 15.8. The Bertz CT molecular complexity index is 1040. The van der Waals surface area contributed by atoms with Crippen LogP contribution in [0.2, 0.25) is 0 Å². The lowest BCUT2D eigenvalue weighted by atomic mass is 10.0. The van der Waals surface area contributed by atoms with Gasteiger partial charge in [0.25, 0.3) is 5.91 Å². The van der Waals surface area contributed by atoms with Crippen molar-refractivity contribution >= 4 is 34.0 Å². The van der Waals surface area contributed by atoms with Gasteiger partial charge in [-0.05, 0) is 48.1 Å². The van der Waals surface area contributed by atoms with Gasteiger partial charge in [0, 0.05) is 23.2 Å². The van der Waals surface area contributed by atoms with Crippen molar-refractivity contribution in [2.45, 2.75) is 46.1 Å². The Morgan fingerprint density at radius 1 is 1.09 bits per heavy atom. The Kier molecular flexibility index (Phi) is 8.39. The maximum atomic E-state index is 12.5. The summed E-state index contributed by atoms with van der Waals surface area (Å²) in [4.78, 5) is 27.3. The van der Waals surface area contributed by atoms with Crippen LogP contribution in [0.3, 0.4) is 0 Å². The molecule has 0 atom stereocenters. The minimum absolute atomic E-state index is 0.158. The Morgan fingerprint density at radius 2 is 1.84 bits per heavy atom. The predicted molar refractivity (Wildman–Crippen MR) is 129 cm³/mol. The van der Waals surface area contributed by atoms with Crippen LogP contribution >= 0.6 is 11.3 Å². The first-order chi connectivity index (χ1) is 15.4. The quantitative estimate of drug-likeness (QED) is 0.352. The third kappa shape index (κ3) is 7.20. The summed E-state index contributed by atoms with van der Waals surface area (Å²) in [5.41, 5.74) is 4.52. The number of carbonyl (C=O) groups excluding carboxylic acids is 1. The number of carbonyl (C=O) groups is 2. The van der Waals surface area contributed by atoms with Crippen LogP contribution in [0.15, 0.2) is 53.9 Å². The van der Waals surface area contributed by atoms with Gasteiger partial charge in [0.1, 0.15) is 0 Å². The maximum absolute atomic E-state index is 12.5. The molecule has 0 aliphatic rings. The van der Waals surface area contributed by atoms with E-state index in [0.29, 0.717) is 28.9 Å². The van der Waals surface area contributed by atoms with E-state index in [-0.39, 0.29) is 12.3 Å². The van der Waals surface area contributed by atoms with Crippen LogP contribution < -0.4 is 10.6 Å². The second-order valence-electron chi connectivity index (χ2n) is 8.16. The molecule has 0 saturated heterocycles. The summed E-state index contributed by atoms with van der Waals surface area (Å²) >= 11 is 1.22. The van der Waals surface area contributed by atoms with Gasteiger partial charge in [0.15, 0.2) is 5.13 Å². The van der Waals surface area contributed by atoms with Crippen molar-refractivity contribution in [1.29, 1.82) is 0 Å². The third-order valence-electron chi connectivity index (χ3n) is 5.05. The van der Waals surface area contributed by atoms with Crippen molar-refractivity contribution < 1.29 is 14.7 Å². The van der Waals surface area contributed by atoms with Crippen LogP contribution in [0.5, 0.6) is 0 Å². The zero-order valence-corrected chi connectivity index (χ0v) is 19.2. The van der Waals surface area contributed by atoms with E-state index in [4.69, 9.17) is 5.11 Å². The molecule has 0 spiro atoms. The molecule has 32 heavy (non-hydrogen) atoms. The fraction of sp³-hybridized carbons (Fsp3) is 0.320. The van der Waals surface area contributed by atoms with Gasteiger partial charge in [-0.2, -0.15) is 0 Å². The topological polar surface area (TPSA) is 91.3 Å². The van der Waals surface area contributed by atoms with Gasteiger partial charge in [-0.1, -0.05) is 50.6 Å². The number of nitrogens with zero attached hydrogens (tertiary/aromatic N) is 1. The van der Waals surface area contributed by atoms with E-state index in [1.54, 1.807) is 17.5 Å². The van der Waals surface area contributed by atoms with Crippen LogP contribution in [0.25, 0.3) is 0 Å². The number of carboxylic acids is 1. The van der Waals surface area contributed by atoms with E-state index in [9.17, 15) is 9.59 Å². The highest BCUT2D eigenvalue weighted by atomic mass is 32.1. The molecule has 2 aromatic carbocycles. The number of anilines is 2. The highest BCUT2D eigenvalue weighted by Gasteiger charge is 2.11. The van der Waals surface area contributed by atoms with Crippen molar-refractivity contribution in [3.05, 3.63) is 76.3 Å². The standard InChI is InChI=1S/C25H29N3O3S/c1-17(2)6-5-8-19-7-3-4-9-22(19)26-15-18-10-12-20(13-11-18)24(31)28-25-27-21(16-32-25)14-23(29)30/h3-4,7,9-13,16-17,26H,5-6,8,14-15H2,1-2H3,(H,29,30)(H,27,28,31). The molecule has 0 radical (unpaired) electrons. The molecule has 7 heteroatoms. The number of aromatic nitrogens is 1. The molecule has 0 saturated carbocycles. The molecule has 168 valence electrons. The molecule has 0 aliphatic carbocycles. The number of nitrogens with one attached hydrogen (secondary N) is 2. The number of para-hydroxylation sites is 1. The predicted octanol–water partition coefficient (Wildman–Crippen LogP) is 5.61. The minimum Gasteiger partial charge on any atom is -0.481 e. The molecule has 3 N–H and O–H groups in total. The molecule has 0 fully saturated rings. The van der Waals surface area contributed by atoms with Crippen molar-refractivity contribution in [2.75, 3.05) is 10.6 Å². The number of thiazole rings is 1. The fourth-order valence-electron chi connectivity index (χ4n) is 3.35. The smallest absolute Gasteiger partial charge is 0.309 e. The number of aliphatic carboxylic acids is 1. The van der Waals surface area contributed by atoms with E-state index in [1.807, 2.05) is 18.2 Å². The lowest BCUT2D eigenvalue weighted by Gasteiger charge is -2.13. The van der Waals surface area contributed by atoms with Gasteiger partial charge in [0.05, 0.1) is 12.1 Å².